The highest BCUT2D eigenvalue weighted by Crippen LogP contribution is 2.16. The molecule has 0 spiro atoms. The third-order valence-corrected chi connectivity index (χ3v) is 3.44. The monoisotopic (exact) mass is 219 g/mol. The van der Waals surface area contributed by atoms with Crippen molar-refractivity contribution >= 4 is 5.69 Å². The van der Waals surface area contributed by atoms with Gasteiger partial charge in [0.25, 0.3) is 0 Å². The molecule has 0 saturated carbocycles. The summed E-state index contributed by atoms with van der Waals surface area (Å²) < 4.78 is 0. The molecule has 1 aromatic heterocycles. The zero-order valence-electron chi connectivity index (χ0n) is 10.0. The van der Waals surface area contributed by atoms with Gasteiger partial charge in [-0.05, 0) is 38.4 Å². The van der Waals surface area contributed by atoms with Crippen LogP contribution in [0.1, 0.15) is 31.9 Å². The van der Waals surface area contributed by atoms with Crippen molar-refractivity contribution in [3.8, 4) is 0 Å². The average molecular weight is 219 g/mol. The van der Waals surface area contributed by atoms with E-state index in [-0.39, 0.29) is 0 Å². The molecule has 3 nitrogen and oxygen atoms in total. The first-order chi connectivity index (χ1) is 7.75. The maximum Gasteiger partial charge on any atom is 0.0501 e. The van der Waals surface area contributed by atoms with Crippen LogP contribution in [0.2, 0.25) is 0 Å². The molecular weight excluding hydrogens is 198 g/mol. The minimum Gasteiger partial charge on any atom is -0.397 e. The first-order valence-electron chi connectivity index (χ1n) is 6.20. The molecule has 0 radical (unpaired) electrons. The van der Waals surface area contributed by atoms with Gasteiger partial charge in [0.2, 0.25) is 0 Å². The molecule has 1 fully saturated rings. The third-order valence-electron chi connectivity index (χ3n) is 3.44. The van der Waals surface area contributed by atoms with E-state index in [9.17, 15) is 0 Å². The van der Waals surface area contributed by atoms with Crippen molar-refractivity contribution < 1.29 is 0 Å². The zero-order valence-corrected chi connectivity index (χ0v) is 10.0. The molecule has 0 aromatic carbocycles. The Morgan fingerprint density at radius 3 is 3.00 bits per heavy atom. The SMILES string of the molecule is CC1CCCCN1CCc1ccc(N)cn1. The van der Waals surface area contributed by atoms with Crippen LogP contribution in [0.4, 0.5) is 5.69 Å². The second kappa shape index (κ2) is 5.30. The van der Waals surface area contributed by atoms with E-state index < -0.39 is 0 Å². The maximum atomic E-state index is 5.61. The minimum absolute atomic E-state index is 0.738. The fourth-order valence-electron chi connectivity index (χ4n) is 2.33. The molecule has 2 N–H and O–H groups in total. The van der Waals surface area contributed by atoms with Crippen LogP contribution in [0.3, 0.4) is 0 Å². The quantitative estimate of drug-likeness (QED) is 0.846. The van der Waals surface area contributed by atoms with Crippen molar-refractivity contribution in [2.75, 3.05) is 18.8 Å². The van der Waals surface area contributed by atoms with Gasteiger partial charge in [-0.1, -0.05) is 6.42 Å². The van der Waals surface area contributed by atoms with E-state index in [0.717, 1.165) is 30.4 Å². The molecule has 1 saturated heterocycles. The Hall–Kier alpha value is -1.09. The number of nitrogen functional groups attached to an aromatic ring is 1. The first-order valence-corrected chi connectivity index (χ1v) is 6.20. The fourth-order valence-corrected chi connectivity index (χ4v) is 2.33. The van der Waals surface area contributed by atoms with Crippen molar-refractivity contribution in [1.29, 1.82) is 0 Å². The van der Waals surface area contributed by atoms with Gasteiger partial charge in [0.15, 0.2) is 0 Å². The fraction of sp³-hybridized carbons (Fsp3) is 0.615. The Labute approximate surface area is 97.7 Å². The van der Waals surface area contributed by atoms with Crippen molar-refractivity contribution in [3.05, 3.63) is 24.0 Å². The second-order valence-electron chi connectivity index (χ2n) is 4.71. The highest BCUT2D eigenvalue weighted by atomic mass is 15.2. The van der Waals surface area contributed by atoms with Crippen LogP contribution in [-0.2, 0) is 6.42 Å². The number of nitrogens with zero attached hydrogens (tertiary/aromatic N) is 2. The molecule has 0 aliphatic carbocycles. The lowest BCUT2D eigenvalue weighted by atomic mass is 10.0. The van der Waals surface area contributed by atoms with Crippen LogP contribution >= 0.6 is 0 Å². The number of nitrogens with two attached hydrogens (primary N) is 1. The van der Waals surface area contributed by atoms with Crippen LogP contribution in [-0.4, -0.2) is 29.0 Å². The molecule has 0 amide bonds. The predicted molar refractivity (Wildman–Crippen MR) is 67.2 cm³/mol. The summed E-state index contributed by atoms with van der Waals surface area (Å²) in [7, 11) is 0. The molecule has 3 heteroatoms. The van der Waals surface area contributed by atoms with E-state index in [1.807, 2.05) is 12.1 Å². The summed E-state index contributed by atoms with van der Waals surface area (Å²) in [6.45, 7) is 4.70. The second-order valence-corrected chi connectivity index (χ2v) is 4.71. The molecule has 0 bridgehead atoms. The summed E-state index contributed by atoms with van der Waals surface area (Å²) in [5, 5.41) is 0. The van der Waals surface area contributed by atoms with E-state index in [4.69, 9.17) is 5.73 Å². The van der Waals surface area contributed by atoms with Crippen molar-refractivity contribution in [3.63, 3.8) is 0 Å². The summed E-state index contributed by atoms with van der Waals surface area (Å²) in [5.74, 6) is 0. The third kappa shape index (κ3) is 2.95. The van der Waals surface area contributed by atoms with Crippen molar-refractivity contribution in [1.82, 2.24) is 9.88 Å². The number of hydrogen-bond donors (Lipinski definition) is 1. The summed E-state index contributed by atoms with van der Waals surface area (Å²) >= 11 is 0. The number of anilines is 1. The molecule has 2 rings (SSSR count). The molecular formula is C13H21N3. The molecule has 1 aliphatic heterocycles. The van der Waals surface area contributed by atoms with E-state index in [1.54, 1.807) is 6.20 Å². The van der Waals surface area contributed by atoms with Gasteiger partial charge in [0.1, 0.15) is 0 Å². The van der Waals surface area contributed by atoms with Crippen LogP contribution < -0.4 is 5.73 Å². The van der Waals surface area contributed by atoms with Crippen molar-refractivity contribution in [2.24, 2.45) is 0 Å². The van der Waals surface area contributed by atoms with Gasteiger partial charge in [-0.2, -0.15) is 0 Å². The van der Waals surface area contributed by atoms with Gasteiger partial charge in [-0.15, -0.1) is 0 Å². The number of rotatable bonds is 3. The van der Waals surface area contributed by atoms with Gasteiger partial charge in [0, 0.05) is 24.7 Å². The summed E-state index contributed by atoms with van der Waals surface area (Å²) in [5.41, 5.74) is 7.51. The molecule has 1 atom stereocenters. The standard InChI is InChI=1S/C13H21N3/c1-11-4-2-3-8-16(11)9-7-13-6-5-12(14)10-15-13/h5-6,10-11H,2-4,7-9,14H2,1H3. The molecule has 1 unspecified atom stereocenters. The van der Waals surface area contributed by atoms with Gasteiger partial charge < -0.3 is 10.6 Å². The van der Waals surface area contributed by atoms with Crippen LogP contribution in [0.25, 0.3) is 0 Å². The van der Waals surface area contributed by atoms with Gasteiger partial charge in [0.05, 0.1) is 11.9 Å². The number of pyridine rings is 1. The lowest BCUT2D eigenvalue weighted by molar-refractivity contribution is 0.162. The lowest BCUT2D eigenvalue weighted by Crippen LogP contribution is -2.38. The summed E-state index contributed by atoms with van der Waals surface area (Å²) in [6.07, 6.45) is 6.85. The normalized spacial score (nSPS) is 22.2. The Morgan fingerprint density at radius 1 is 1.44 bits per heavy atom. The number of likely N-dealkylation sites (tertiary alicyclic amines) is 1. The van der Waals surface area contributed by atoms with Gasteiger partial charge in [-0.3, -0.25) is 4.98 Å². The topological polar surface area (TPSA) is 42.1 Å². The Bertz CT molecular complexity index is 320. The molecule has 2 heterocycles. The largest absolute Gasteiger partial charge is 0.397 e. The highest BCUT2D eigenvalue weighted by molar-refractivity contribution is 5.34. The van der Waals surface area contributed by atoms with Gasteiger partial charge in [-0.25, -0.2) is 0 Å². The van der Waals surface area contributed by atoms with E-state index >= 15 is 0 Å². The van der Waals surface area contributed by atoms with E-state index in [2.05, 4.69) is 16.8 Å². The molecule has 16 heavy (non-hydrogen) atoms. The van der Waals surface area contributed by atoms with Crippen LogP contribution in [0, 0.1) is 0 Å². The number of aromatic nitrogens is 1. The first kappa shape index (κ1) is 11.4. The average Bonchev–Trinajstić information content (AvgIpc) is 2.30. The van der Waals surface area contributed by atoms with E-state index in [0.29, 0.717) is 0 Å². The zero-order chi connectivity index (χ0) is 11.4. The summed E-state index contributed by atoms with van der Waals surface area (Å²) in [4.78, 5) is 6.91. The van der Waals surface area contributed by atoms with E-state index in [1.165, 1.54) is 25.8 Å². The van der Waals surface area contributed by atoms with Crippen LogP contribution in [0.5, 0.6) is 0 Å². The van der Waals surface area contributed by atoms with Crippen LogP contribution in [0.15, 0.2) is 18.3 Å². The predicted octanol–water partition coefficient (Wildman–Crippen LogP) is 2.08. The highest BCUT2D eigenvalue weighted by Gasteiger charge is 2.17. The number of hydrogen-bond acceptors (Lipinski definition) is 3. The Balaban J connectivity index is 1.84. The van der Waals surface area contributed by atoms with Gasteiger partial charge >= 0.3 is 0 Å². The minimum atomic E-state index is 0.738. The summed E-state index contributed by atoms with van der Waals surface area (Å²) in [6, 6.07) is 4.70. The smallest absolute Gasteiger partial charge is 0.0501 e. The Morgan fingerprint density at radius 2 is 2.31 bits per heavy atom. The lowest BCUT2D eigenvalue weighted by Gasteiger charge is -2.33. The maximum absolute atomic E-state index is 5.61. The Kier molecular flexibility index (Phi) is 3.78. The molecule has 88 valence electrons. The van der Waals surface area contributed by atoms with Crippen molar-refractivity contribution in [2.45, 2.75) is 38.6 Å². The molecule has 1 aromatic rings. The number of piperidine rings is 1. The molecule has 1 aliphatic rings.